The molecule has 0 aromatic heterocycles. The van der Waals surface area contributed by atoms with Crippen molar-refractivity contribution in [1.29, 1.82) is 0 Å². The molecule has 1 saturated carbocycles. The van der Waals surface area contributed by atoms with Gasteiger partial charge in [0.2, 0.25) is 0 Å². The van der Waals surface area contributed by atoms with E-state index in [4.69, 9.17) is 4.74 Å². The van der Waals surface area contributed by atoms with Crippen molar-refractivity contribution in [2.24, 2.45) is 0 Å². The van der Waals surface area contributed by atoms with E-state index in [-0.39, 0.29) is 11.6 Å². The first-order valence-electron chi connectivity index (χ1n) is 6.90. The lowest BCUT2D eigenvalue weighted by molar-refractivity contribution is -0.154. The first kappa shape index (κ1) is 15.8. The van der Waals surface area contributed by atoms with Gasteiger partial charge in [-0.25, -0.2) is 0 Å². The van der Waals surface area contributed by atoms with Crippen molar-refractivity contribution in [3.8, 4) is 0 Å². The highest BCUT2D eigenvalue weighted by atomic mass is 32.2. The van der Waals surface area contributed by atoms with Crippen molar-refractivity contribution >= 4 is 17.7 Å². The minimum atomic E-state index is -0.371. The molecule has 0 aromatic carbocycles. The Labute approximate surface area is 115 Å². The number of hydrogen-bond acceptors (Lipinski definition) is 4. The fraction of sp³-hybridized carbons (Fsp3) is 0.929. The summed E-state index contributed by atoms with van der Waals surface area (Å²) >= 11 is 1.94. The average Bonchev–Trinajstić information content (AvgIpc) is 2.27. The number of ether oxygens (including phenoxy) is 1. The molecule has 0 heterocycles. The molecule has 2 atom stereocenters. The second kappa shape index (κ2) is 7.39. The van der Waals surface area contributed by atoms with Crippen molar-refractivity contribution in [2.45, 2.75) is 69.8 Å². The molecular formula is C14H27NO2S. The zero-order valence-corrected chi connectivity index (χ0v) is 12.9. The van der Waals surface area contributed by atoms with Gasteiger partial charge >= 0.3 is 5.97 Å². The highest BCUT2D eigenvalue weighted by Gasteiger charge is 2.24. The van der Waals surface area contributed by atoms with Crippen LogP contribution in [0.4, 0.5) is 0 Å². The summed E-state index contributed by atoms with van der Waals surface area (Å²) in [6.45, 7) is 6.45. The van der Waals surface area contributed by atoms with Gasteiger partial charge in [-0.05, 0) is 39.9 Å². The lowest BCUT2D eigenvalue weighted by Crippen LogP contribution is -2.41. The van der Waals surface area contributed by atoms with E-state index in [0.29, 0.717) is 17.7 Å². The predicted molar refractivity (Wildman–Crippen MR) is 78.0 cm³/mol. The maximum atomic E-state index is 11.6. The minimum Gasteiger partial charge on any atom is -0.460 e. The Morgan fingerprint density at radius 3 is 2.61 bits per heavy atom. The monoisotopic (exact) mass is 273 g/mol. The van der Waals surface area contributed by atoms with E-state index in [1.54, 1.807) is 0 Å². The first-order valence-corrected chi connectivity index (χ1v) is 8.19. The van der Waals surface area contributed by atoms with Gasteiger partial charge in [0.15, 0.2) is 0 Å². The molecule has 18 heavy (non-hydrogen) atoms. The number of thioether (sulfide) groups is 1. The molecular weight excluding hydrogens is 246 g/mol. The molecule has 3 nitrogen and oxygen atoms in total. The van der Waals surface area contributed by atoms with Gasteiger partial charge in [0.05, 0.1) is 6.42 Å². The van der Waals surface area contributed by atoms with Crippen LogP contribution in [0.15, 0.2) is 0 Å². The summed E-state index contributed by atoms with van der Waals surface area (Å²) in [5.74, 6) is -0.105. The highest BCUT2D eigenvalue weighted by molar-refractivity contribution is 7.99. The molecule has 106 valence electrons. The van der Waals surface area contributed by atoms with Gasteiger partial charge in [-0.1, -0.05) is 12.8 Å². The SMILES string of the molecule is CSC1CCCCC1NCCC(=O)OC(C)(C)C. The number of nitrogens with one attached hydrogen (secondary N) is 1. The van der Waals surface area contributed by atoms with Crippen LogP contribution in [0, 0.1) is 0 Å². The van der Waals surface area contributed by atoms with E-state index in [9.17, 15) is 4.79 Å². The van der Waals surface area contributed by atoms with Crippen LogP contribution in [0.1, 0.15) is 52.9 Å². The smallest absolute Gasteiger partial charge is 0.307 e. The summed E-state index contributed by atoms with van der Waals surface area (Å²) < 4.78 is 5.30. The van der Waals surface area contributed by atoms with E-state index in [0.717, 1.165) is 6.54 Å². The van der Waals surface area contributed by atoms with Crippen LogP contribution in [0.2, 0.25) is 0 Å². The Balaban J connectivity index is 2.22. The molecule has 1 fully saturated rings. The molecule has 0 amide bonds. The molecule has 0 aliphatic heterocycles. The predicted octanol–water partition coefficient (Wildman–Crippen LogP) is 2.98. The summed E-state index contributed by atoms with van der Waals surface area (Å²) in [6, 6.07) is 0.566. The van der Waals surface area contributed by atoms with Gasteiger partial charge in [-0.15, -0.1) is 0 Å². The number of carbonyl (C=O) groups is 1. The van der Waals surface area contributed by atoms with E-state index < -0.39 is 0 Å². The number of rotatable bonds is 5. The van der Waals surface area contributed by atoms with E-state index >= 15 is 0 Å². The summed E-state index contributed by atoms with van der Waals surface area (Å²) in [4.78, 5) is 11.6. The lowest BCUT2D eigenvalue weighted by Gasteiger charge is -2.31. The molecule has 2 unspecified atom stereocenters. The third-order valence-corrected chi connectivity index (χ3v) is 4.33. The van der Waals surface area contributed by atoms with Gasteiger partial charge in [-0.3, -0.25) is 4.79 Å². The molecule has 0 radical (unpaired) electrons. The number of hydrogen-bond donors (Lipinski definition) is 1. The van der Waals surface area contributed by atoms with Crippen LogP contribution >= 0.6 is 11.8 Å². The van der Waals surface area contributed by atoms with E-state index in [2.05, 4.69) is 11.6 Å². The molecule has 0 aromatic rings. The topological polar surface area (TPSA) is 38.3 Å². The summed E-state index contributed by atoms with van der Waals surface area (Å²) in [5.41, 5.74) is -0.371. The van der Waals surface area contributed by atoms with Crippen molar-refractivity contribution in [3.63, 3.8) is 0 Å². The zero-order chi connectivity index (χ0) is 13.6. The van der Waals surface area contributed by atoms with Crippen LogP contribution in [0.3, 0.4) is 0 Å². The second-order valence-electron chi connectivity index (χ2n) is 5.96. The van der Waals surface area contributed by atoms with E-state index in [1.807, 2.05) is 32.5 Å². The first-order chi connectivity index (χ1) is 8.42. The van der Waals surface area contributed by atoms with Gasteiger partial charge in [-0.2, -0.15) is 11.8 Å². The van der Waals surface area contributed by atoms with Crippen molar-refractivity contribution in [1.82, 2.24) is 5.32 Å². The highest BCUT2D eigenvalue weighted by Crippen LogP contribution is 2.27. The molecule has 0 spiro atoms. The fourth-order valence-corrected chi connectivity index (χ4v) is 3.33. The molecule has 0 saturated heterocycles. The summed E-state index contributed by atoms with van der Waals surface area (Å²) in [6.07, 6.45) is 7.83. The Hall–Kier alpha value is -0.220. The van der Waals surface area contributed by atoms with Crippen LogP contribution in [-0.4, -0.2) is 35.7 Å². The largest absolute Gasteiger partial charge is 0.460 e. The molecule has 4 heteroatoms. The number of esters is 1. The summed E-state index contributed by atoms with van der Waals surface area (Å²) in [5, 5.41) is 4.22. The third kappa shape index (κ3) is 6.10. The molecule has 0 bridgehead atoms. The standard InChI is InChI=1S/C14H27NO2S/c1-14(2,3)17-13(16)9-10-15-11-7-5-6-8-12(11)18-4/h11-12,15H,5-10H2,1-4H3. The van der Waals surface area contributed by atoms with Crippen molar-refractivity contribution < 1.29 is 9.53 Å². The van der Waals surface area contributed by atoms with E-state index in [1.165, 1.54) is 25.7 Å². The molecule has 1 rings (SSSR count). The molecule has 1 aliphatic carbocycles. The minimum absolute atomic E-state index is 0.105. The van der Waals surface area contributed by atoms with Crippen LogP contribution < -0.4 is 5.32 Å². The quantitative estimate of drug-likeness (QED) is 0.782. The maximum Gasteiger partial charge on any atom is 0.307 e. The van der Waals surface area contributed by atoms with Crippen LogP contribution in [0.25, 0.3) is 0 Å². The third-order valence-electron chi connectivity index (χ3n) is 3.16. The zero-order valence-electron chi connectivity index (χ0n) is 12.1. The van der Waals surface area contributed by atoms with Crippen molar-refractivity contribution in [2.75, 3.05) is 12.8 Å². The summed E-state index contributed by atoms with van der Waals surface area (Å²) in [7, 11) is 0. The Morgan fingerprint density at radius 2 is 2.00 bits per heavy atom. The molecule has 1 aliphatic rings. The Bertz CT molecular complexity index is 263. The average molecular weight is 273 g/mol. The van der Waals surface area contributed by atoms with Gasteiger partial charge in [0.1, 0.15) is 5.60 Å². The van der Waals surface area contributed by atoms with Crippen LogP contribution in [-0.2, 0) is 9.53 Å². The Morgan fingerprint density at radius 1 is 1.33 bits per heavy atom. The normalized spacial score (nSPS) is 24.9. The molecule has 1 N–H and O–H groups in total. The second-order valence-corrected chi connectivity index (χ2v) is 7.03. The van der Waals surface area contributed by atoms with Crippen molar-refractivity contribution in [3.05, 3.63) is 0 Å². The van der Waals surface area contributed by atoms with Gasteiger partial charge < -0.3 is 10.1 Å². The maximum absolute atomic E-state index is 11.6. The Kier molecular flexibility index (Phi) is 6.50. The van der Waals surface area contributed by atoms with Gasteiger partial charge in [0.25, 0.3) is 0 Å². The fourth-order valence-electron chi connectivity index (χ4n) is 2.36. The lowest BCUT2D eigenvalue weighted by atomic mass is 9.95. The van der Waals surface area contributed by atoms with Crippen LogP contribution in [0.5, 0.6) is 0 Å². The number of carbonyl (C=O) groups excluding carboxylic acids is 1. The van der Waals surface area contributed by atoms with Gasteiger partial charge in [0, 0.05) is 17.8 Å².